The van der Waals surface area contributed by atoms with Crippen LogP contribution in [0.15, 0.2) is 77.8 Å². The highest BCUT2D eigenvalue weighted by molar-refractivity contribution is 6.29. The summed E-state index contributed by atoms with van der Waals surface area (Å²) >= 11 is 6.11. The summed E-state index contributed by atoms with van der Waals surface area (Å²) in [6.45, 7) is 25.9. The van der Waals surface area contributed by atoms with Crippen LogP contribution in [-0.4, -0.2) is 205 Å². The molecular weight excluding hydrogens is 1200 g/mol. The van der Waals surface area contributed by atoms with Crippen molar-refractivity contribution in [3.63, 3.8) is 0 Å². The quantitative estimate of drug-likeness (QED) is 0.143. The van der Waals surface area contributed by atoms with Crippen LogP contribution in [0.1, 0.15) is 58.2 Å². The average molecular weight is 1270 g/mol. The summed E-state index contributed by atoms with van der Waals surface area (Å²) in [6.07, 6.45) is 0. The van der Waals surface area contributed by atoms with Gasteiger partial charge in [-0.05, 0) is 102 Å². The number of nitriles is 1. The molecule has 13 heterocycles. The fraction of sp³-hybridized carbons (Fsp3) is 0.470. The first-order valence-electron chi connectivity index (χ1n) is 31.7. The predicted molar refractivity (Wildman–Crippen MR) is 353 cm³/mol. The van der Waals surface area contributed by atoms with Crippen LogP contribution in [0.25, 0.3) is 55.6 Å². The highest BCUT2D eigenvalue weighted by Crippen LogP contribution is 2.36. The van der Waals surface area contributed by atoms with Gasteiger partial charge in [0.25, 0.3) is 0 Å². The maximum atomic E-state index is 14.2. The van der Waals surface area contributed by atoms with Crippen LogP contribution < -0.4 is 35.1 Å². The van der Waals surface area contributed by atoms with Gasteiger partial charge < -0.3 is 63.6 Å². The van der Waals surface area contributed by atoms with E-state index in [0.29, 0.717) is 149 Å². The molecule has 2 aromatic carbocycles. The second kappa shape index (κ2) is 27.5. The number of ether oxygens (including phenoxy) is 6. The van der Waals surface area contributed by atoms with Gasteiger partial charge in [0.05, 0.1) is 155 Å². The third-order valence-electron chi connectivity index (χ3n) is 17.8. The number of pyridine rings is 3. The molecule has 0 amide bonds. The van der Waals surface area contributed by atoms with Crippen molar-refractivity contribution >= 4 is 85.8 Å². The zero-order valence-corrected chi connectivity index (χ0v) is 53.5. The van der Waals surface area contributed by atoms with Crippen LogP contribution in [0, 0.1) is 17.1 Å². The van der Waals surface area contributed by atoms with E-state index in [2.05, 4.69) is 105 Å². The van der Waals surface area contributed by atoms with Gasteiger partial charge in [0.15, 0.2) is 16.9 Å². The second-order valence-corrected chi connectivity index (χ2v) is 24.7. The number of benzene rings is 2. The second-order valence-electron chi connectivity index (χ2n) is 24.3. The number of morpholine rings is 6. The van der Waals surface area contributed by atoms with Crippen LogP contribution in [0.3, 0.4) is 0 Å². The number of anilines is 6. The van der Waals surface area contributed by atoms with E-state index >= 15 is 0 Å². The first-order chi connectivity index (χ1) is 44.8. The lowest BCUT2D eigenvalue weighted by molar-refractivity contribution is 0.0972. The lowest BCUT2D eigenvalue weighted by Crippen LogP contribution is -2.46. The summed E-state index contributed by atoms with van der Waals surface area (Å²) in [5.74, 6) is 4.70. The van der Waals surface area contributed by atoms with E-state index in [1.807, 2.05) is 30.3 Å². The zero-order valence-electron chi connectivity index (χ0n) is 52.7. The Hall–Kier alpha value is -8.35. The summed E-state index contributed by atoms with van der Waals surface area (Å²) in [5.41, 5.74) is 13.1. The number of hydrogen-bond acceptors (Lipinski definition) is 24. The van der Waals surface area contributed by atoms with Crippen molar-refractivity contribution in [3.8, 4) is 28.6 Å². The van der Waals surface area contributed by atoms with Crippen molar-refractivity contribution in [2.75, 3.05) is 148 Å². The molecule has 480 valence electrons. The lowest BCUT2D eigenvalue weighted by atomic mass is 10.0. The van der Waals surface area contributed by atoms with E-state index in [0.717, 1.165) is 88.7 Å². The summed E-state index contributed by atoms with van der Waals surface area (Å²) in [7, 11) is 0. The molecule has 0 spiro atoms. The number of halogens is 2. The Morgan fingerprint density at radius 2 is 0.826 bits per heavy atom. The number of aliphatic imine (C=N–C) groups is 1. The van der Waals surface area contributed by atoms with Gasteiger partial charge in [-0.2, -0.15) is 35.2 Å². The zero-order chi connectivity index (χ0) is 63.6. The van der Waals surface area contributed by atoms with Crippen LogP contribution in [0.5, 0.6) is 0 Å². The number of rotatable bonds is 8. The van der Waals surface area contributed by atoms with Gasteiger partial charge in [-0.25, -0.2) is 19.3 Å². The van der Waals surface area contributed by atoms with E-state index < -0.39 is 5.82 Å². The Labute approximate surface area is 538 Å². The summed E-state index contributed by atoms with van der Waals surface area (Å²) in [4.78, 5) is 61.4. The van der Waals surface area contributed by atoms with Gasteiger partial charge in [-0.3, -0.25) is 4.99 Å². The van der Waals surface area contributed by atoms with Crippen LogP contribution in [-0.2, 0) is 35.0 Å². The summed E-state index contributed by atoms with van der Waals surface area (Å²) in [5, 5.41) is 12.2. The van der Waals surface area contributed by atoms with Gasteiger partial charge in [0.2, 0.25) is 17.8 Å². The minimum atomic E-state index is -0.565. The molecule has 6 fully saturated rings. The number of nitrogens with two attached hydrogens (primary N) is 1. The van der Waals surface area contributed by atoms with E-state index in [9.17, 15) is 4.39 Å². The molecule has 92 heavy (non-hydrogen) atoms. The van der Waals surface area contributed by atoms with Gasteiger partial charge in [0, 0.05) is 56.0 Å². The SMILES string of the molecule is C[C@H]1COCCN1c1nc(N2CCOC[C@@H]2C)c2ccc(-c3ccc(C#N)c(F)c3)nc2n1.C[C@H]1COCCN1c1nc(N2CCOC[C@@H]2C)c2ccc(-c3ccc4c(c3)CN=C4N)nc2n1.C[C@H]1COCCN1c1nc(N2CCOC[C@@H]2C)c2ccc(Cl)nc2n1. The maximum absolute atomic E-state index is 14.2. The number of amidine groups is 1. The number of hydrogen-bond donors (Lipinski definition) is 1. The number of aromatic nitrogens is 9. The van der Waals surface area contributed by atoms with Crippen molar-refractivity contribution in [1.82, 2.24) is 44.9 Å². The molecule has 0 aliphatic carbocycles. The average Bonchev–Trinajstić information content (AvgIpc) is 2.17. The smallest absolute Gasteiger partial charge is 0.229 e. The first kappa shape index (κ1) is 62.5. The van der Waals surface area contributed by atoms with Gasteiger partial charge in [0.1, 0.15) is 40.3 Å². The Bertz CT molecular complexity index is 4090. The van der Waals surface area contributed by atoms with Crippen molar-refractivity contribution < 1.29 is 32.8 Å². The molecule has 0 saturated carbocycles. The molecule has 24 nitrogen and oxygen atoms in total. The molecule has 2 N–H and O–H groups in total. The standard InChI is InChI=1S/C25H29N7O2.C24H25FN6O2.C17H22ClN5O2/c1-15-13-33-9-7-31(15)24-20-5-6-21(17-3-4-19-18(11-17)12-27-22(19)26)28-23(20)29-25(30-24)32-8-10-34-14-16(32)2;1-15-13-32-9-7-30(15)23-19-5-6-21(17-3-4-18(12-26)20(25)11-17)27-22(19)28-24(29-23)31-8-10-33-14-16(31)2;1-11-9-24-7-5-22(11)16-13-3-4-14(18)19-15(13)20-17(21-16)23-6-8-25-10-12(23)2/h3-6,11,15-16H,7-10,12-14H2,1-2H3,(H2,26,27);3-6,11,15-16H,7-10,13-14H2,1-2H3;3-4,11-12H,5-10H2,1-2H3/t2*15-,16-;11-,12-/m000/s1. The van der Waals surface area contributed by atoms with E-state index in [1.54, 1.807) is 12.1 Å². The maximum Gasteiger partial charge on any atom is 0.229 e. The largest absolute Gasteiger partial charge is 0.383 e. The predicted octanol–water partition coefficient (Wildman–Crippen LogP) is 7.64. The Morgan fingerprint density at radius 1 is 0.457 bits per heavy atom. The van der Waals surface area contributed by atoms with Gasteiger partial charge >= 0.3 is 0 Å². The van der Waals surface area contributed by atoms with Crippen molar-refractivity contribution in [2.24, 2.45) is 10.7 Å². The molecule has 8 aromatic rings. The third kappa shape index (κ3) is 13.1. The van der Waals surface area contributed by atoms with Gasteiger partial charge in [-0.1, -0.05) is 29.8 Å². The molecule has 6 aromatic heterocycles. The topological polar surface area (TPSA) is 253 Å². The van der Waals surface area contributed by atoms with Crippen molar-refractivity contribution in [3.05, 3.63) is 100 Å². The molecule has 26 heteroatoms. The fourth-order valence-electron chi connectivity index (χ4n) is 12.6. The fourth-order valence-corrected chi connectivity index (χ4v) is 12.8. The lowest BCUT2D eigenvalue weighted by Gasteiger charge is -2.37. The molecule has 0 radical (unpaired) electrons. The Kier molecular flexibility index (Phi) is 18.6. The van der Waals surface area contributed by atoms with Crippen LogP contribution in [0.4, 0.5) is 39.7 Å². The molecule has 7 aliphatic rings. The minimum Gasteiger partial charge on any atom is -0.383 e. The molecule has 15 rings (SSSR count). The molecule has 0 bridgehead atoms. The van der Waals surface area contributed by atoms with Crippen LogP contribution in [0.2, 0.25) is 5.15 Å². The number of nitrogens with zero attached hydrogens (tertiary/aromatic N) is 17. The van der Waals surface area contributed by atoms with E-state index in [4.69, 9.17) is 90.9 Å². The summed E-state index contributed by atoms with van der Waals surface area (Å²) in [6, 6.07) is 25.5. The van der Waals surface area contributed by atoms with Gasteiger partial charge in [-0.15, -0.1) is 0 Å². The Balaban J connectivity index is 0.000000128. The number of fused-ring (bicyclic) bond motifs is 4. The molecule has 6 atom stereocenters. The monoisotopic (exact) mass is 1270 g/mol. The first-order valence-corrected chi connectivity index (χ1v) is 32.1. The third-order valence-corrected chi connectivity index (χ3v) is 18.0. The minimum absolute atomic E-state index is 0.00838. The molecular formula is C66H76ClFN18O6. The van der Waals surface area contributed by atoms with Crippen molar-refractivity contribution in [2.45, 2.75) is 84.3 Å². The summed E-state index contributed by atoms with van der Waals surface area (Å²) < 4.78 is 47.9. The molecule has 7 aliphatic heterocycles. The van der Waals surface area contributed by atoms with Crippen LogP contribution >= 0.6 is 11.6 Å². The highest BCUT2D eigenvalue weighted by atomic mass is 35.5. The molecule has 0 unspecified atom stereocenters. The van der Waals surface area contributed by atoms with E-state index in [1.165, 1.54) is 12.1 Å². The highest BCUT2D eigenvalue weighted by Gasteiger charge is 2.32. The molecule has 6 saturated heterocycles. The Morgan fingerprint density at radius 3 is 1.22 bits per heavy atom. The van der Waals surface area contributed by atoms with Crippen molar-refractivity contribution in [1.29, 1.82) is 5.26 Å². The van der Waals surface area contributed by atoms with E-state index in [-0.39, 0.29) is 41.8 Å². The normalized spacial score (nSPS) is 22.8.